The normalized spacial score (nSPS) is 19.0. The van der Waals surface area contributed by atoms with Gasteiger partial charge in [-0.15, -0.1) is 0 Å². The van der Waals surface area contributed by atoms with Gasteiger partial charge in [0.05, 0.1) is 37.3 Å². The van der Waals surface area contributed by atoms with Gasteiger partial charge in [0.25, 0.3) is 0 Å². The molecule has 6 heteroatoms. The molecule has 1 atom stereocenters. The van der Waals surface area contributed by atoms with Gasteiger partial charge in [0.2, 0.25) is 6.41 Å². The summed E-state index contributed by atoms with van der Waals surface area (Å²) in [5.41, 5.74) is 2.06. The quantitative estimate of drug-likeness (QED) is 0.767. The molecule has 6 nitrogen and oxygen atoms in total. The zero-order valence-electron chi connectivity index (χ0n) is 11.1. The minimum Gasteiger partial charge on any atom is -0.377 e. The highest BCUT2D eigenvalue weighted by atomic mass is 16.5. The molecule has 1 aromatic carbocycles. The van der Waals surface area contributed by atoms with Crippen LogP contribution in [0.3, 0.4) is 0 Å². The van der Waals surface area contributed by atoms with Crippen LogP contribution in [0.1, 0.15) is 5.56 Å². The van der Waals surface area contributed by atoms with Gasteiger partial charge >= 0.3 is 0 Å². The predicted octanol–water partition coefficient (Wildman–Crippen LogP) is 0.667. The molecule has 0 unspecified atom stereocenters. The van der Waals surface area contributed by atoms with Gasteiger partial charge in [0.15, 0.2) is 0 Å². The Hall–Kier alpha value is -2.21. The SMILES string of the molecule is O=CN1CCOC[C@H]1Cc1cccc(-n2nccn2)c1. The largest absolute Gasteiger partial charge is 0.377 e. The van der Waals surface area contributed by atoms with Crippen LogP contribution in [0.15, 0.2) is 36.7 Å². The Morgan fingerprint density at radius 1 is 1.35 bits per heavy atom. The third kappa shape index (κ3) is 2.70. The first-order valence-electron chi connectivity index (χ1n) is 6.61. The summed E-state index contributed by atoms with van der Waals surface area (Å²) in [5, 5.41) is 8.24. The number of ether oxygens (including phenoxy) is 1. The van der Waals surface area contributed by atoms with Crippen LogP contribution < -0.4 is 0 Å². The van der Waals surface area contributed by atoms with E-state index in [1.807, 2.05) is 29.2 Å². The topological polar surface area (TPSA) is 60.2 Å². The highest BCUT2D eigenvalue weighted by molar-refractivity contribution is 5.48. The molecular weight excluding hydrogens is 256 g/mol. The molecule has 1 aliphatic rings. The van der Waals surface area contributed by atoms with Crippen molar-refractivity contribution >= 4 is 6.41 Å². The van der Waals surface area contributed by atoms with Crippen molar-refractivity contribution in [3.05, 3.63) is 42.2 Å². The van der Waals surface area contributed by atoms with Gasteiger partial charge in [-0.3, -0.25) is 4.79 Å². The zero-order chi connectivity index (χ0) is 13.8. The van der Waals surface area contributed by atoms with Crippen molar-refractivity contribution in [1.82, 2.24) is 19.9 Å². The number of rotatable bonds is 4. The summed E-state index contributed by atoms with van der Waals surface area (Å²) in [5.74, 6) is 0. The van der Waals surface area contributed by atoms with Crippen LogP contribution in [0.4, 0.5) is 0 Å². The number of benzene rings is 1. The number of carbonyl (C=O) groups excluding carboxylic acids is 1. The van der Waals surface area contributed by atoms with Crippen LogP contribution in [0, 0.1) is 0 Å². The molecule has 1 aliphatic heterocycles. The molecule has 0 saturated carbocycles. The lowest BCUT2D eigenvalue weighted by Crippen LogP contribution is -2.45. The molecule has 104 valence electrons. The molecule has 1 amide bonds. The van der Waals surface area contributed by atoms with Crippen LogP contribution >= 0.6 is 0 Å². The van der Waals surface area contributed by atoms with E-state index < -0.39 is 0 Å². The summed E-state index contributed by atoms with van der Waals surface area (Å²) in [4.78, 5) is 14.5. The van der Waals surface area contributed by atoms with Crippen molar-refractivity contribution in [2.45, 2.75) is 12.5 Å². The first-order chi connectivity index (χ1) is 9.86. The molecule has 2 heterocycles. The predicted molar refractivity (Wildman–Crippen MR) is 72.4 cm³/mol. The third-order valence-electron chi connectivity index (χ3n) is 3.44. The van der Waals surface area contributed by atoms with E-state index in [9.17, 15) is 4.79 Å². The molecule has 0 N–H and O–H groups in total. The summed E-state index contributed by atoms with van der Waals surface area (Å²) >= 11 is 0. The maximum atomic E-state index is 11.1. The van der Waals surface area contributed by atoms with Crippen LogP contribution in [-0.4, -0.2) is 52.1 Å². The number of morpholine rings is 1. The Bertz CT molecular complexity index is 570. The average molecular weight is 272 g/mol. The molecule has 0 bridgehead atoms. The lowest BCUT2D eigenvalue weighted by molar-refractivity contribution is -0.126. The number of aromatic nitrogens is 3. The first kappa shape index (κ1) is 12.8. The van der Waals surface area contributed by atoms with Gasteiger partial charge < -0.3 is 9.64 Å². The second-order valence-corrected chi connectivity index (χ2v) is 4.76. The van der Waals surface area contributed by atoms with Crippen molar-refractivity contribution in [2.24, 2.45) is 0 Å². The van der Waals surface area contributed by atoms with Gasteiger partial charge in [-0.05, 0) is 24.1 Å². The summed E-state index contributed by atoms with van der Waals surface area (Å²) in [6, 6.07) is 8.12. The number of hydrogen-bond donors (Lipinski definition) is 0. The molecule has 1 aromatic heterocycles. The Morgan fingerprint density at radius 3 is 3.00 bits per heavy atom. The average Bonchev–Trinajstić information content (AvgIpc) is 3.02. The van der Waals surface area contributed by atoms with Crippen molar-refractivity contribution < 1.29 is 9.53 Å². The minimum absolute atomic E-state index is 0.0991. The van der Waals surface area contributed by atoms with Crippen molar-refractivity contribution in [1.29, 1.82) is 0 Å². The molecule has 0 spiro atoms. The fraction of sp³-hybridized carbons (Fsp3) is 0.357. The molecule has 20 heavy (non-hydrogen) atoms. The van der Waals surface area contributed by atoms with Gasteiger partial charge in [-0.2, -0.15) is 15.0 Å². The Morgan fingerprint density at radius 2 is 2.20 bits per heavy atom. The zero-order valence-corrected chi connectivity index (χ0v) is 11.1. The van der Waals surface area contributed by atoms with Crippen molar-refractivity contribution in [3.63, 3.8) is 0 Å². The number of amides is 1. The fourth-order valence-electron chi connectivity index (χ4n) is 2.41. The monoisotopic (exact) mass is 272 g/mol. The van der Waals surface area contributed by atoms with Gasteiger partial charge in [0, 0.05) is 6.54 Å². The molecule has 1 saturated heterocycles. The van der Waals surface area contributed by atoms with E-state index in [4.69, 9.17) is 4.74 Å². The highest BCUT2D eigenvalue weighted by Gasteiger charge is 2.21. The molecule has 0 radical (unpaired) electrons. The minimum atomic E-state index is 0.0991. The Balaban J connectivity index is 1.77. The maximum Gasteiger partial charge on any atom is 0.210 e. The lowest BCUT2D eigenvalue weighted by Gasteiger charge is -2.32. The lowest BCUT2D eigenvalue weighted by atomic mass is 10.0. The first-order valence-corrected chi connectivity index (χ1v) is 6.61. The molecule has 3 rings (SSSR count). The summed E-state index contributed by atoms with van der Waals surface area (Å²) in [6.07, 6.45) is 4.98. The van der Waals surface area contributed by atoms with E-state index >= 15 is 0 Å². The van der Waals surface area contributed by atoms with E-state index in [2.05, 4.69) is 10.2 Å². The standard InChI is InChI=1S/C14H16N4O2/c19-11-17-6-7-20-10-14(17)9-12-2-1-3-13(8-12)18-15-4-5-16-18/h1-5,8,11,14H,6-7,9-10H2/t14-/m1/s1. The summed E-state index contributed by atoms with van der Waals surface area (Å²) in [6.45, 7) is 1.87. The summed E-state index contributed by atoms with van der Waals surface area (Å²) in [7, 11) is 0. The van der Waals surface area contributed by atoms with Crippen molar-refractivity contribution in [3.8, 4) is 5.69 Å². The fourth-order valence-corrected chi connectivity index (χ4v) is 2.41. The third-order valence-corrected chi connectivity index (χ3v) is 3.44. The van der Waals surface area contributed by atoms with Crippen LogP contribution in [0.2, 0.25) is 0 Å². The Kier molecular flexibility index (Phi) is 3.73. The highest BCUT2D eigenvalue weighted by Crippen LogP contribution is 2.14. The Labute approximate surface area is 117 Å². The van der Waals surface area contributed by atoms with Crippen molar-refractivity contribution in [2.75, 3.05) is 19.8 Å². The van der Waals surface area contributed by atoms with Gasteiger partial charge in [-0.1, -0.05) is 12.1 Å². The second-order valence-electron chi connectivity index (χ2n) is 4.76. The van der Waals surface area contributed by atoms with E-state index in [1.165, 1.54) is 0 Å². The number of carbonyl (C=O) groups is 1. The number of hydrogen-bond acceptors (Lipinski definition) is 4. The molecule has 1 fully saturated rings. The molecule has 0 aliphatic carbocycles. The van der Waals surface area contributed by atoms with Gasteiger partial charge in [0.1, 0.15) is 0 Å². The second kappa shape index (κ2) is 5.83. The van der Waals surface area contributed by atoms with E-state index in [0.29, 0.717) is 19.8 Å². The summed E-state index contributed by atoms with van der Waals surface area (Å²) < 4.78 is 5.46. The van der Waals surface area contributed by atoms with Crippen LogP contribution in [0.5, 0.6) is 0 Å². The van der Waals surface area contributed by atoms with Crippen LogP contribution in [-0.2, 0) is 16.0 Å². The molecule has 2 aromatic rings. The number of nitrogens with zero attached hydrogens (tertiary/aromatic N) is 4. The van der Waals surface area contributed by atoms with E-state index in [0.717, 1.165) is 24.1 Å². The van der Waals surface area contributed by atoms with Crippen LogP contribution in [0.25, 0.3) is 5.69 Å². The van der Waals surface area contributed by atoms with Gasteiger partial charge in [-0.25, -0.2) is 0 Å². The van der Waals surface area contributed by atoms with E-state index in [-0.39, 0.29) is 6.04 Å². The molecular formula is C14H16N4O2. The maximum absolute atomic E-state index is 11.1. The smallest absolute Gasteiger partial charge is 0.210 e. The van der Waals surface area contributed by atoms with E-state index in [1.54, 1.807) is 17.2 Å².